The molecule has 0 amide bonds. The molecular formula is C35H63NO7. The van der Waals surface area contributed by atoms with Crippen molar-refractivity contribution in [1.29, 1.82) is 0 Å². The van der Waals surface area contributed by atoms with Crippen molar-refractivity contribution in [2.24, 2.45) is 0 Å². The Morgan fingerprint density at radius 3 is 1.91 bits per heavy atom. The number of carbonyl (C=O) groups excluding carboxylic acids is 3. The van der Waals surface area contributed by atoms with Gasteiger partial charge in [0.1, 0.15) is 12.6 Å². The molecule has 0 bridgehead atoms. The summed E-state index contributed by atoms with van der Waals surface area (Å²) in [5, 5.41) is 11.5. The van der Waals surface area contributed by atoms with Crippen LogP contribution in [0.2, 0.25) is 0 Å². The van der Waals surface area contributed by atoms with Crippen molar-refractivity contribution >= 4 is 17.9 Å². The number of carboxylic acids is 1. The number of rotatable bonds is 29. The number of allylic oxidation sites excluding steroid dienone is 4. The summed E-state index contributed by atoms with van der Waals surface area (Å²) in [5.41, 5.74) is 0. The molecule has 0 spiro atoms. The Balaban J connectivity index is 4.46. The van der Waals surface area contributed by atoms with Crippen molar-refractivity contribution in [3.63, 3.8) is 0 Å². The topological polar surface area (TPSA) is 102 Å². The highest BCUT2D eigenvalue weighted by atomic mass is 16.6. The molecule has 0 aromatic heterocycles. The van der Waals surface area contributed by atoms with Crippen LogP contribution < -0.4 is 5.11 Å². The molecule has 0 N–H and O–H groups in total. The molecule has 2 unspecified atom stereocenters. The summed E-state index contributed by atoms with van der Waals surface area (Å²) >= 11 is 0. The zero-order chi connectivity index (χ0) is 32.2. The van der Waals surface area contributed by atoms with Gasteiger partial charge in [-0.05, 0) is 38.5 Å². The number of likely N-dealkylation sites (N-methyl/N-ethyl adjacent to an activating group) is 1. The van der Waals surface area contributed by atoms with E-state index in [0.29, 0.717) is 12.8 Å². The number of nitrogens with zero attached hydrogens (tertiary/aromatic N) is 1. The molecule has 0 rings (SSSR count). The van der Waals surface area contributed by atoms with Gasteiger partial charge in [0, 0.05) is 19.3 Å². The molecule has 0 aromatic carbocycles. The highest BCUT2D eigenvalue weighted by Crippen LogP contribution is 2.12. The molecule has 0 aliphatic heterocycles. The Morgan fingerprint density at radius 2 is 1.30 bits per heavy atom. The summed E-state index contributed by atoms with van der Waals surface area (Å²) in [6.07, 6.45) is 25.0. The average Bonchev–Trinajstić information content (AvgIpc) is 2.94. The van der Waals surface area contributed by atoms with E-state index in [0.717, 1.165) is 70.6 Å². The molecule has 250 valence electrons. The van der Waals surface area contributed by atoms with Gasteiger partial charge in [-0.2, -0.15) is 0 Å². The summed E-state index contributed by atoms with van der Waals surface area (Å²) in [4.78, 5) is 36.3. The number of esters is 2. The van der Waals surface area contributed by atoms with Gasteiger partial charge < -0.3 is 28.6 Å². The van der Waals surface area contributed by atoms with Crippen molar-refractivity contribution in [2.75, 3.05) is 41.0 Å². The molecular weight excluding hydrogens is 546 g/mol. The van der Waals surface area contributed by atoms with Crippen LogP contribution in [0.15, 0.2) is 24.3 Å². The summed E-state index contributed by atoms with van der Waals surface area (Å²) in [5.74, 6) is -1.77. The van der Waals surface area contributed by atoms with E-state index in [1.54, 1.807) is 21.1 Å². The first-order chi connectivity index (χ1) is 20.6. The predicted molar refractivity (Wildman–Crippen MR) is 171 cm³/mol. The first kappa shape index (κ1) is 40.8. The van der Waals surface area contributed by atoms with Crippen LogP contribution in [0.3, 0.4) is 0 Å². The Morgan fingerprint density at radius 1 is 0.721 bits per heavy atom. The van der Waals surface area contributed by atoms with Gasteiger partial charge in [-0.25, -0.2) is 0 Å². The van der Waals surface area contributed by atoms with E-state index in [4.69, 9.17) is 14.2 Å². The molecule has 0 fully saturated rings. The quantitative estimate of drug-likeness (QED) is 0.0415. The number of hydrogen-bond donors (Lipinski definition) is 0. The van der Waals surface area contributed by atoms with E-state index in [2.05, 4.69) is 38.2 Å². The molecule has 2 atom stereocenters. The third kappa shape index (κ3) is 26.0. The van der Waals surface area contributed by atoms with Crippen molar-refractivity contribution in [2.45, 2.75) is 142 Å². The maximum atomic E-state index is 12.5. The number of carboxylic acid groups (broad SMARTS) is 1. The van der Waals surface area contributed by atoms with Crippen LogP contribution in [0.5, 0.6) is 0 Å². The van der Waals surface area contributed by atoms with Gasteiger partial charge in [0.15, 0.2) is 6.10 Å². The van der Waals surface area contributed by atoms with Crippen molar-refractivity contribution < 1.29 is 38.2 Å². The second-order valence-electron chi connectivity index (χ2n) is 12.4. The van der Waals surface area contributed by atoms with Crippen LogP contribution in [0.1, 0.15) is 129 Å². The van der Waals surface area contributed by atoms with Crippen LogP contribution >= 0.6 is 0 Å². The summed E-state index contributed by atoms with van der Waals surface area (Å²) in [6, 6.07) is -0.722. The fourth-order valence-corrected chi connectivity index (χ4v) is 4.69. The van der Waals surface area contributed by atoms with Crippen molar-refractivity contribution in [3.8, 4) is 0 Å². The van der Waals surface area contributed by atoms with Gasteiger partial charge >= 0.3 is 11.9 Å². The van der Waals surface area contributed by atoms with E-state index >= 15 is 0 Å². The fraction of sp³-hybridized carbons (Fsp3) is 0.800. The monoisotopic (exact) mass is 609 g/mol. The number of quaternary nitrogens is 1. The van der Waals surface area contributed by atoms with Gasteiger partial charge in [-0.15, -0.1) is 0 Å². The highest BCUT2D eigenvalue weighted by molar-refractivity contribution is 5.70. The molecule has 0 aliphatic carbocycles. The van der Waals surface area contributed by atoms with Gasteiger partial charge in [-0.3, -0.25) is 9.59 Å². The maximum absolute atomic E-state index is 12.5. The fourth-order valence-electron chi connectivity index (χ4n) is 4.69. The van der Waals surface area contributed by atoms with Crippen LogP contribution in [0.4, 0.5) is 0 Å². The standard InChI is InChI=1S/C35H63NO7/c1-6-8-10-12-14-15-16-17-18-20-21-23-25-33(37)42-30-31(29-41-28-27-32(35(39)40)36(3,4)5)43-34(38)26-24-22-19-13-11-9-7-2/h8,10,14-15,31-32H,6-7,9,11-13,16-30H2,1-5H3/b10-8+,15-14+. The second-order valence-corrected chi connectivity index (χ2v) is 12.4. The van der Waals surface area contributed by atoms with E-state index in [-0.39, 0.29) is 42.7 Å². The molecule has 0 aromatic rings. The lowest BCUT2D eigenvalue weighted by molar-refractivity contribution is -0.889. The molecule has 0 saturated carbocycles. The van der Waals surface area contributed by atoms with Crippen LogP contribution in [-0.4, -0.2) is 75.5 Å². The average molecular weight is 610 g/mol. The number of hydrogen-bond acceptors (Lipinski definition) is 7. The minimum absolute atomic E-state index is 0.0380. The smallest absolute Gasteiger partial charge is 0.306 e. The molecule has 0 aliphatic rings. The van der Waals surface area contributed by atoms with E-state index in [1.807, 2.05) is 0 Å². The third-order valence-corrected chi connectivity index (χ3v) is 7.35. The zero-order valence-corrected chi connectivity index (χ0v) is 28.1. The summed E-state index contributed by atoms with van der Waals surface area (Å²) in [7, 11) is 5.38. The number of unbranched alkanes of at least 4 members (excludes halogenated alkanes) is 11. The lowest BCUT2D eigenvalue weighted by atomic mass is 10.1. The Kier molecular flexibility index (Phi) is 26.0. The Bertz CT molecular complexity index is 773. The largest absolute Gasteiger partial charge is 0.544 e. The summed E-state index contributed by atoms with van der Waals surface area (Å²) < 4.78 is 16.9. The first-order valence-corrected chi connectivity index (χ1v) is 16.9. The van der Waals surface area contributed by atoms with Gasteiger partial charge in [0.05, 0.1) is 40.3 Å². The molecule has 8 nitrogen and oxygen atoms in total. The number of ether oxygens (including phenoxy) is 3. The SMILES string of the molecule is CC/C=C/C/C=C/CCCCCCCC(=O)OCC(COCCC(C(=O)[O-])[N+](C)(C)C)OC(=O)CCCCCCCCC. The number of aliphatic carboxylic acids is 1. The maximum Gasteiger partial charge on any atom is 0.306 e. The lowest BCUT2D eigenvalue weighted by Gasteiger charge is -2.34. The van der Waals surface area contributed by atoms with Crippen LogP contribution in [0, 0.1) is 0 Å². The van der Waals surface area contributed by atoms with E-state index in [9.17, 15) is 19.5 Å². The molecule has 0 saturated heterocycles. The molecule has 0 radical (unpaired) electrons. The van der Waals surface area contributed by atoms with Gasteiger partial charge in [0.25, 0.3) is 0 Å². The van der Waals surface area contributed by atoms with Gasteiger partial charge in [0.2, 0.25) is 0 Å². The van der Waals surface area contributed by atoms with E-state index in [1.165, 1.54) is 25.7 Å². The minimum atomic E-state index is -1.13. The second kappa shape index (κ2) is 27.4. The van der Waals surface area contributed by atoms with Crippen molar-refractivity contribution in [1.82, 2.24) is 0 Å². The molecule has 43 heavy (non-hydrogen) atoms. The normalized spacial score (nSPS) is 13.4. The predicted octanol–water partition coefficient (Wildman–Crippen LogP) is 6.46. The van der Waals surface area contributed by atoms with Crippen LogP contribution in [0.25, 0.3) is 0 Å². The van der Waals surface area contributed by atoms with E-state index < -0.39 is 18.1 Å². The van der Waals surface area contributed by atoms with Crippen LogP contribution in [-0.2, 0) is 28.6 Å². The van der Waals surface area contributed by atoms with Gasteiger partial charge in [-0.1, -0.05) is 95.9 Å². The molecule has 8 heteroatoms. The minimum Gasteiger partial charge on any atom is -0.544 e. The third-order valence-electron chi connectivity index (χ3n) is 7.35. The Labute approximate surface area is 262 Å². The first-order valence-electron chi connectivity index (χ1n) is 16.9. The summed E-state index contributed by atoms with van der Waals surface area (Å²) in [6.45, 7) is 4.46. The highest BCUT2D eigenvalue weighted by Gasteiger charge is 2.25. The molecule has 0 heterocycles. The Hall–Kier alpha value is -2.19. The lowest BCUT2D eigenvalue weighted by Crippen LogP contribution is -2.55. The number of carbonyl (C=O) groups is 3. The van der Waals surface area contributed by atoms with Crippen molar-refractivity contribution in [3.05, 3.63) is 24.3 Å². The zero-order valence-electron chi connectivity index (χ0n) is 28.1.